The van der Waals surface area contributed by atoms with E-state index in [0.717, 1.165) is 37.8 Å². The molecule has 0 aromatic carbocycles. The molecule has 6 nitrogen and oxygen atoms in total. The molecule has 1 heterocycles. The molecule has 21 heavy (non-hydrogen) atoms. The van der Waals surface area contributed by atoms with Gasteiger partial charge in [-0.05, 0) is 18.8 Å². The fourth-order valence-electron chi connectivity index (χ4n) is 2.71. The number of nitrogens with zero attached hydrogens (tertiary/aromatic N) is 1. The summed E-state index contributed by atoms with van der Waals surface area (Å²) in [5.74, 6) is -0.905. The summed E-state index contributed by atoms with van der Waals surface area (Å²) in [4.78, 5) is 27.3. The quantitative estimate of drug-likeness (QED) is 0.749. The minimum Gasteiger partial charge on any atom is -0.480 e. The predicted molar refractivity (Wildman–Crippen MR) is 80.4 cm³/mol. The second-order valence-electron chi connectivity index (χ2n) is 5.34. The third-order valence-electron chi connectivity index (χ3n) is 3.82. The Morgan fingerprint density at radius 3 is 2.76 bits per heavy atom. The van der Waals surface area contributed by atoms with Crippen LogP contribution >= 0.6 is 11.3 Å². The summed E-state index contributed by atoms with van der Waals surface area (Å²) in [7, 11) is 0. The summed E-state index contributed by atoms with van der Waals surface area (Å²) < 4.78 is 0. The molecule has 1 aliphatic rings. The molecule has 116 valence electrons. The molecule has 3 N–H and O–H groups in total. The number of carboxylic acid groups (broad SMARTS) is 1. The average Bonchev–Trinajstić information content (AvgIpc) is 2.98. The summed E-state index contributed by atoms with van der Waals surface area (Å²) in [6.07, 6.45) is 5.63. The molecule has 1 fully saturated rings. The van der Waals surface area contributed by atoms with Gasteiger partial charge < -0.3 is 15.7 Å². The SMILES string of the molecule is O=C(NCCc1cscn1)NC(C(=O)O)C1CCCCC1. The van der Waals surface area contributed by atoms with Gasteiger partial charge in [0.15, 0.2) is 0 Å². The van der Waals surface area contributed by atoms with Crippen molar-refractivity contribution in [2.24, 2.45) is 5.92 Å². The zero-order valence-electron chi connectivity index (χ0n) is 11.9. The van der Waals surface area contributed by atoms with Gasteiger partial charge in [-0.15, -0.1) is 11.3 Å². The van der Waals surface area contributed by atoms with Crippen LogP contribution in [0.15, 0.2) is 10.9 Å². The van der Waals surface area contributed by atoms with E-state index in [-0.39, 0.29) is 5.92 Å². The van der Waals surface area contributed by atoms with E-state index in [9.17, 15) is 14.7 Å². The minimum absolute atomic E-state index is 0.0422. The lowest BCUT2D eigenvalue weighted by Gasteiger charge is -2.28. The third-order valence-corrected chi connectivity index (χ3v) is 4.46. The van der Waals surface area contributed by atoms with Crippen molar-refractivity contribution in [1.29, 1.82) is 0 Å². The minimum atomic E-state index is -0.948. The molecule has 2 rings (SSSR count). The van der Waals surface area contributed by atoms with Crippen molar-refractivity contribution in [3.05, 3.63) is 16.6 Å². The van der Waals surface area contributed by atoms with E-state index in [4.69, 9.17) is 0 Å². The smallest absolute Gasteiger partial charge is 0.326 e. The second-order valence-corrected chi connectivity index (χ2v) is 6.06. The van der Waals surface area contributed by atoms with Crippen molar-refractivity contribution in [1.82, 2.24) is 15.6 Å². The van der Waals surface area contributed by atoms with E-state index in [2.05, 4.69) is 15.6 Å². The van der Waals surface area contributed by atoms with Crippen LogP contribution < -0.4 is 10.6 Å². The van der Waals surface area contributed by atoms with Crippen LogP contribution in [0.5, 0.6) is 0 Å². The number of hydrogen-bond acceptors (Lipinski definition) is 4. The highest BCUT2D eigenvalue weighted by molar-refractivity contribution is 7.07. The van der Waals surface area contributed by atoms with Gasteiger partial charge in [-0.1, -0.05) is 19.3 Å². The van der Waals surface area contributed by atoms with Crippen LogP contribution in [-0.2, 0) is 11.2 Å². The molecular weight excluding hydrogens is 290 g/mol. The molecule has 1 unspecified atom stereocenters. The van der Waals surface area contributed by atoms with Gasteiger partial charge in [-0.3, -0.25) is 0 Å². The largest absolute Gasteiger partial charge is 0.480 e. The maximum atomic E-state index is 11.8. The number of aromatic nitrogens is 1. The Hall–Kier alpha value is -1.63. The highest BCUT2D eigenvalue weighted by atomic mass is 32.1. The highest BCUT2D eigenvalue weighted by Crippen LogP contribution is 2.26. The monoisotopic (exact) mass is 311 g/mol. The fourth-order valence-corrected chi connectivity index (χ4v) is 3.30. The first-order valence-electron chi connectivity index (χ1n) is 7.31. The number of aliphatic carboxylic acids is 1. The molecule has 1 aromatic heterocycles. The average molecular weight is 311 g/mol. The van der Waals surface area contributed by atoms with Gasteiger partial charge >= 0.3 is 12.0 Å². The highest BCUT2D eigenvalue weighted by Gasteiger charge is 2.30. The maximum absolute atomic E-state index is 11.8. The van der Waals surface area contributed by atoms with Gasteiger partial charge in [0, 0.05) is 18.3 Å². The molecule has 0 bridgehead atoms. The van der Waals surface area contributed by atoms with Crippen LogP contribution in [0, 0.1) is 5.92 Å². The topological polar surface area (TPSA) is 91.3 Å². The van der Waals surface area contributed by atoms with Crippen LogP contribution in [0.3, 0.4) is 0 Å². The molecule has 1 saturated carbocycles. The molecule has 1 aromatic rings. The van der Waals surface area contributed by atoms with Crippen molar-refractivity contribution in [2.45, 2.75) is 44.6 Å². The summed E-state index contributed by atoms with van der Waals surface area (Å²) in [6, 6.07) is -1.20. The Kier molecular flexibility index (Phi) is 5.98. The molecular formula is C14H21N3O3S. The summed E-state index contributed by atoms with van der Waals surface area (Å²) in [6.45, 7) is 0.451. The van der Waals surface area contributed by atoms with Crippen LogP contribution in [0.25, 0.3) is 0 Å². The van der Waals surface area contributed by atoms with Crippen molar-refractivity contribution >= 4 is 23.3 Å². The van der Waals surface area contributed by atoms with Crippen LogP contribution in [0.1, 0.15) is 37.8 Å². The van der Waals surface area contributed by atoms with Crippen LogP contribution in [0.2, 0.25) is 0 Å². The number of nitrogens with one attached hydrogen (secondary N) is 2. The molecule has 1 atom stereocenters. The van der Waals surface area contributed by atoms with Crippen molar-refractivity contribution in [3.8, 4) is 0 Å². The normalized spacial score (nSPS) is 17.1. The van der Waals surface area contributed by atoms with Gasteiger partial charge in [-0.25, -0.2) is 14.6 Å². The fraction of sp³-hybridized carbons (Fsp3) is 0.643. The zero-order chi connectivity index (χ0) is 15.1. The van der Waals surface area contributed by atoms with Crippen molar-refractivity contribution < 1.29 is 14.7 Å². The first kappa shape index (κ1) is 15.8. The number of urea groups is 1. The lowest BCUT2D eigenvalue weighted by atomic mass is 9.84. The standard InChI is InChI=1S/C14H21N3O3S/c18-13(19)12(10-4-2-1-3-5-10)17-14(20)15-7-6-11-8-21-9-16-11/h8-10,12H,1-7H2,(H,18,19)(H2,15,17,20). The Labute approximate surface area is 128 Å². The molecule has 1 aliphatic carbocycles. The Morgan fingerprint density at radius 1 is 1.38 bits per heavy atom. The number of carboxylic acids is 1. The first-order valence-corrected chi connectivity index (χ1v) is 8.25. The predicted octanol–water partition coefficient (Wildman–Crippen LogP) is 2.02. The van der Waals surface area contributed by atoms with Gasteiger partial charge in [0.25, 0.3) is 0 Å². The van der Waals surface area contributed by atoms with Gasteiger partial charge in [0.1, 0.15) is 6.04 Å². The van der Waals surface area contributed by atoms with Crippen molar-refractivity contribution in [3.63, 3.8) is 0 Å². The number of amides is 2. The Morgan fingerprint density at radius 2 is 2.14 bits per heavy atom. The molecule has 0 spiro atoms. The third kappa shape index (κ3) is 5.00. The van der Waals surface area contributed by atoms with Gasteiger partial charge in [-0.2, -0.15) is 0 Å². The molecule has 0 radical (unpaired) electrons. The van der Waals surface area contributed by atoms with E-state index < -0.39 is 18.0 Å². The van der Waals surface area contributed by atoms with E-state index in [1.807, 2.05) is 5.38 Å². The van der Waals surface area contributed by atoms with E-state index in [0.29, 0.717) is 13.0 Å². The van der Waals surface area contributed by atoms with E-state index in [1.54, 1.807) is 5.51 Å². The maximum Gasteiger partial charge on any atom is 0.326 e. The first-order chi connectivity index (χ1) is 10.2. The molecule has 0 aliphatic heterocycles. The van der Waals surface area contributed by atoms with Crippen LogP contribution in [-0.4, -0.2) is 34.7 Å². The molecule has 0 saturated heterocycles. The summed E-state index contributed by atoms with van der Waals surface area (Å²) >= 11 is 1.51. The van der Waals surface area contributed by atoms with Crippen molar-refractivity contribution in [2.75, 3.05) is 6.54 Å². The van der Waals surface area contributed by atoms with E-state index >= 15 is 0 Å². The Balaban J connectivity index is 1.76. The number of rotatable bonds is 6. The number of carbonyl (C=O) groups is 2. The van der Waals surface area contributed by atoms with E-state index in [1.165, 1.54) is 11.3 Å². The number of carbonyl (C=O) groups excluding carboxylic acids is 1. The number of thiazole rings is 1. The number of hydrogen-bond donors (Lipinski definition) is 3. The van der Waals surface area contributed by atoms with Crippen LogP contribution in [0.4, 0.5) is 4.79 Å². The lowest BCUT2D eigenvalue weighted by molar-refractivity contribution is -0.141. The lowest BCUT2D eigenvalue weighted by Crippen LogP contribution is -2.50. The Bertz CT molecular complexity index is 458. The molecule has 2 amide bonds. The second kappa shape index (κ2) is 7.97. The summed E-state index contributed by atoms with van der Waals surface area (Å²) in [5.41, 5.74) is 2.68. The summed E-state index contributed by atoms with van der Waals surface area (Å²) in [5, 5.41) is 16.5. The van der Waals surface area contributed by atoms with Gasteiger partial charge in [0.2, 0.25) is 0 Å². The zero-order valence-corrected chi connectivity index (χ0v) is 12.7. The van der Waals surface area contributed by atoms with Gasteiger partial charge in [0.05, 0.1) is 11.2 Å². The molecule has 7 heteroatoms.